The van der Waals surface area contributed by atoms with Crippen LogP contribution in [0.3, 0.4) is 0 Å². The molecule has 166 valence electrons. The van der Waals surface area contributed by atoms with Gasteiger partial charge < -0.3 is 10.6 Å². The van der Waals surface area contributed by atoms with Crippen molar-refractivity contribution in [3.8, 4) is 0 Å². The number of hydrogen-bond donors (Lipinski definition) is 2. The first-order valence-electron chi connectivity index (χ1n) is 9.95. The Morgan fingerprint density at radius 2 is 1.23 bits per heavy atom. The van der Waals surface area contributed by atoms with E-state index in [0.29, 0.717) is 22.1 Å². The van der Waals surface area contributed by atoms with Gasteiger partial charge in [0.05, 0.1) is 0 Å². The third kappa shape index (κ3) is 11.0. The van der Waals surface area contributed by atoms with E-state index in [1.165, 1.54) is 11.8 Å². The molecule has 2 aromatic rings. The molecule has 0 spiro atoms. The molecule has 9 heteroatoms. The lowest BCUT2D eigenvalue weighted by molar-refractivity contribution is 0.802. The third-order valence-corrected chi connectivity index (χ3v) is 7.15. The molecule has 0 radical (unpaired) electrons. The predicted molar refractivity (Wildman–Crippen MR) is 137 cm³/mol. The van der Waals surface area contributed by atoms with Gasteiger partial charge in [-0.3, -0.25) is 0 Å². The zero-order chi connectivity index (χ0) is 22.2. The van der Waals surface area contributed by atoms with E-state index in [1.807, 2.05) is 47.8 Å². The van der Waals surface area contributed by atoms with Crippen molar-refractivity contribution in [1.29, 1.82) is 0 Å². The fourth-order valence-electron chi connectivity index (χ4n) is 2.21. The molecule has 1 aromatic carbocycles. The van der Waals surface area contributed by atoms with Crippen molar-refractivity contribution < 1.29 is 0 Å². The highest BCUT2D eigenvalue weighted by Gasteiger charge is 2.12. The van der Waals surface area contributed by atoms with Crippen molar-refractivity contribution >= 4 is 58.8 Å². The van der Waals surface area contributed by atoms with E-state index in [4.69, 9.17) is 11.6 Å². The minimum Gasteiger partial charge on any atom is -0.353 e. The molecule has 0 fully saturated rings. The second-order valence-electron chi connectivity index (χ2n) is 8.60. The van der Waals surface area contributed by atoms with Gasteiger partial charge in [-0.05, 0) is 36.0 Å². The minimum atomic E-state index is 0.244. The molecule has 0 aliphatic carbocycles. The summed E-state index contributed by atoms with van der Waals surface area (Å²) >= 11 is 11.3. The van der Waals surface area contributed by atoms with Crippen molar-refractivity contribution in [2.75, 3.05) is 35.2 Å². The van der Waals surface area contributed by atoms with Crippen LogP contribution in [0.4, 0.5) is 11.9 Å². The second kappa shape index (κ2) is 11.7. The summed E-state index contributed by atoms with van der Waals surface area (Å²) in [6, 6.07) is 7.68. The van der Waals surface area contributed by atoms with Crippen LogP contribution in [0, 0.1) is 0 Å². The maximum Gasteiger partial charge on any atom is 0.228 e. The fraction of sp³-hybridized carbons (Fsp3) is 0.571. The molecule has 2 N–H and O–H groups in total. The summed E-state index contributed by atoms with van der Waals surface area (Å²) in [7, 11) is 0. The van der Waals surface area contributed by atoms with Crippen LogP contribution in [0.1, 0.15) is 41.5 Å². The Morgan fingerprint density at radius 1 is 0.767 bits per heavy atom. The summed E-state index contributed by atoms with van der Waals surface area (Å²) in [6.07, 6.45) is 0. The first-order valence-corrected chi connectivity index (χ1v) is 13.1. The van der Waals surface area contributed by atoms with E-state index in [1.54, 1.807) is 0 Å². The Hall–Kier alpha value is -0.830. The maximum absolute atomic E-state index is 6.00. The Bertz CT molecular complexity index is 748. The van der Waals surface area contributed by atoms with E-state index < -0.39 is 0 Å². The monoisotopic (exact) mass is 485 g/mol. The molecule has 0 unspecified atom stereocenters. The second-order valence-corrected chi connectivity index (χ2v) is 13.9. The smallest absolute Gasteiger partial charge is 0.228 e. The van der Waals surface area contributed by atoms with Gasteiger partial charge in [0.1, 0.15) is 0 Å². The lowest BCUT2D eigenvalue weighted by Crippen LogP contribution is -2.16. The number of hydrogen-bond acceptors (Lipinski definition) is 8. The number of halogens is 1. The average Bonchev–Trinajstić information content (AvgIpc) is 2.63. The van der Waals surface area contributed by atoms with Gasteiger partial charge in [-0.1, -0.05) is 53.1 Å². The van der Waals surface area contributed by atoms with Crippen molar-refractivity contribution in [3.05, 3.63) is 29.3 Å². The van der Waals surface area contributed by atoms with Crippen LogP contribution in [0.5, 0.6) is 0 Å². The normalized spacial score (nSPS) is 12.1. The van der Waals surface area contributed by atoms with Gasteiger partial charge in [-0.25, -0.2) is 0 Å². The molecule has 0 aliphatic rings. The molecule has 0 atom stereocenters. The fourth-order valence-corrected chi connectivity index (χ4v) is 4.71. The number of aromatic nitrogens is 3. The molecule has 1 heterocycles. The zero-order valence-electron chi connectivity index (χ0n) is 18.6. The molecule has 1 aromatic heterocycles. The maximum atomic E-state index is 6.00. The summed E-state index contributed by atoms with van der Waals surface area (Å²) in [4.78, 5) is 14.8. The molecule has 0 bridgehead atoms. The molecule has 0 amide bonds. The van der Waals surface area contributed by atoms with E-state index in [2.05, 4.69) is 67.1 Å². The molecule has 5 nitrogen and oxygen atoms in total. The van der Waals surface area contributed by atoms with Crippen molar-refractivity contribution in [2.24, 2.45) is 0 Å². The number of anilines is 2. The number of thioether (sulfide) groups is 2. The van der Waals surface area contributed by atoms with E-state index in [-0.39, 0.29) is 9.49 Å². The predicted octanol–water partition coefficient (Wildman–Crippen LogP) is 6.56. The van der Waals surface area contributed by atoms with Crippen LogP contribution < -0.4 is 10.6 Å². The highest BCUT2D eigenvalue weighted by atomic mass is 35.5. The van der Waals surface area contributed by atoms with Crippen LogP contribution >= 0.6 is 46.9 Å². The van der Waals surface area contributed by atoms with Crippen LogP contribution in [-0.2, 0) is 0 Å². The summed E-state index contributed by atoms with van der Waals surface area (Å²) in [5.41, 5.74) is 0. The van der Waals surface area contributed by atoms with Gasteiger partial charge in [-0.2, -0.15) is 38.5 Å². The van der Waals surface area contributed by atoms with Crippen molar-refractivity contribution in [3.63, 3.8) is 0 Å². The first kappa shape index (κ1) is 25.4. The Kier molecular flexibility index (Phi) is 9.91. The standard InChI is InChI=1S/C21H32ClN5S3/c1-20(2,3)28-13-11-23-17-25-18(24-12-14-29-21(4,5)6)27-19(26-17)30-16-9-7-15(22)8-10-16/h7-10H,11-14H2,1-6H3,(H2,23,24,25,26,27). The van der Waals surface area contributed by atoms with Crippen LogP contribution in [0.25, 0.3) is 0 Å². The molecular formula is C21H32ClN5S3. The molecule has 30 heavy (non-hydrogen) atoms. The largest absolute Gasteiger partial charge is 0.353 e. The molecular weight excluding hydrogens is 454 g/mol. The molecule has 0 saturated carbocycles. The van der Waals surface area contributed by atoms with Crippen LogP contribution in [0.15, 0.2) is 34.3 Å². The summed E-state index contributed by atoms with van der Waals surface area (Å²) in [5.74, 6) is 3.17. The number of benzene rings is 1. The third-order valence-electron chi connectivity index (χ3n) is 3.48. The number of rotatable bonds is 10. The molecule has 2 rings (SSSR count). The van der Waals surface area contributed by atoms with Gasteiger partial charge in [-0.15, -0.1) is 0 Å². The Morgan fingerprint density at radius 3 is 1.67 bits per heavy atom. The van der Waals surface area contributed by atoms with Crippen molar-refractivity contribution in [1.82, 2.24) is 15.0 Å². The first-order chi connectivity index (χ1) is 14.0. The lowest BCUT2D eigenvalue weighted by atomic mass is 10.3. The summed E-state index contributed by atoms with van der Waals surface area (Å²) in [6.45, 7) is 14.9. The molecule has 0 aliphatic heterocycles. The minimum absolute atomic E-state index is 0.244. The SMILES string of the molecule is CC(C)(C)SCCNc1nc(NCCSC(C)(C)C)nc(Sc2ccc(Cl)cc2)n1. The van der Waals surface area contributed by atoms with Gasteiger partial charge in [0.15, 0.2) is 5.16 Å². The average molecular weight is 486 g/mol. The summed E-state index contributed by atoms with van der Waals surface area (Å²) < 4.78 is 0.488. The van der Waals surface area contributed by atoms with E-state index in [9.17, 15) is 0 Å². The van der Waals surface area contributed by atoms with Gasteiger partial charge >= 0.3 is 0 Å². The highest BCUT2D eigenvalue weighted by molar-refractivity contribution is 8.00. The number of nitrogens with zero attached hydrogens (tertiary/aromatic N) is 3. The molecule has 0 saturated heterocycles. The summed E-state index contributed by atoms with van der Waals surface area (Å²) in [5, 5.41) is 8.06. The van der Waals surface area contributed by atoms with Gasteiger partial charge in [0, 0.05) is 44.0 Å². The van der Waals surface area contributed by atoms with Crippen molar-refractivity contribution in [2.45, 2.75) is 61.1 Å². The van der Waals surface area contributed by atoms with Crippen LogP contribution in [-0.4, -0.2) is 49.0 Å². The highest BCUT2D eigenvalue weighted by Crippen LogP contribution is 2.28. The van der Waals surface area contributed by atoms with Gasteiger partial charge in [0.2, 0.25) is 11.9 Å². The van der Waals surface area contributed by atoms with Crippen LogP contribution in [0.2, 0.25) is 5.02 Å². The number of nitrogens with one attached hydrogen (secondary N) is 2. The Balaban J connectivity index is 2.04. The topological polar surface area (TPSA) is 62.7 Å². The van der Waals surface area contributed by atoms with Gasteiger partial charge in [0.25, 0.3) is 0 Å². The van der Waals surface area contributed by atoms with E-state index in [0.717, 1.165) is 29.5 Å². The quantitative estimate of drug-likeness (QED) is 0.366. The van der Waals surface area contributed by atoms with E-state index >= 15 is 0 Å². The Labute approximate surface area is 198 Å². The zero-order valence-corrected chi connectivity index (χ0v) is 21.8. The lowest BCUT2D eigenvalue weighted by Gasteiger charge is -2.18.